The van der Waals surface area contributed by atoms with Crippen LogP contribution in [0.25, 0.3) is 0 Å². The van der Waals surface area contributed by atoms with Gasteiger partial charge in [0.25, 0.3) is 0 Å². The van der Waals surface area contributed by atoms with Gasteiger partial charge >= 0.3 is 0 Å². The van der Waals surface area contributed by atoms with Crippen LogP contribution < -0.4 is 9.64 Å². The fourth-order valence-corrected chi connectivity index (χ4v) is 2.09. The van der Waals surface area contributed by atoms with Gasteiger partial charge in [-0.25, -0.2) is 0 Å². The Bertz CT molecular complexity index is 548. The second-order valence-corrected chi connectivity index (χ2v) is 4.05. The topological polar surface area (TPSA) is 12.5 Å². The average Bonchev–Trinajstić information content (AvgIpc) is 2.31. The largest absolute Gasteiger partial charge is 0.453 e. The van der Waals surface area contributed by atoms with Crippen LogP contribution in [0.2, 0.25) is 0 Å². The van der Waals surface area contributed by atoms with Crippen molar-refractivity contribution >= 4 is 11.4 Å². The van der Waals surface area contributed by atoms with E-state index >= 15 is 0 Å². The number of para-hydroxylation sites is 3. The maximum atomic E-state index is 5.94. The first kappa shape index (κ1) is 9.28. The van der Waals surface area contributed by atoms with Gasteiger partial charge in [-0.3, -0.25) is 0 Å². The lowest BCUT2D eigenvalue weighted by Crippen LogP contribution is -2.15. The first-order valence-electron chi connectivity index (χ1n) is 5.37. The van der Waals surface area contributed by atoms with Crippen molar-refractivity contribution in [3.05, 3.63) is 48.0 Å². The summed E-state index contributed by atoms with van der Waals surface area (Å²) >= 11 is 0. The number of ether oxygens (including phenoxy) is 1. The Morgan fingerprint density at radius 1 is 0.938 bits per heavy atom. The molecule has 1 aliphatic rings. The van der Waals surface area contributed by atoms with Crippen LogP contribution in [-0.2, 0) is 0 Å². The second kappa shape index (κ2) is 3.27. The van der Waals surface area contributed by atoms with Gasteiger partial charge in [0, 0.05) is 7.05 Å². The molecule has 0 atom stereocenters. The van der Waals surface area contributed by atoms with Crippen LogP contribution in [0.1, 0.15) is 5.56 Å². The Balaban J connectivity index is 2.22. The molecule has 0 amide bonds. The Kier molecular flexibility index (Phi) is 1.90. The van der Waals surface area contributed by atoms with E-state index in [-0.39, 0.29) is 0 Å². The fourth-order valence-electron chi connectivity index (χ4n) is 2.09. The van der Waals surface area contributed by atoms with E-state index in [9.17, 15) is 0 Å². The third-order valence-electron chi connectivity index (χ3n) is 2.99. The maximum Gasteiger partial charge on any atom is 0.154 e. The van der Waals surface area contributed by atoms with Crippen molar-refractivity contribution in [2.45, 2.75) is 6.92 Å². The molecule has 1 heterocycles. The van der Waals surface area contributed by atoms with Crippen molar-refractivity contribution < 1.29 is 4.74 Å². The summed E-state index contributed by atoms with van der Waals surface area (Å²) in [4.78, 5) is 2.17. The van der Waals surface area contributed by atoms with E-state index in [0.717, 1.165) is 22.9 Å². The minimum Gasteiger partial charge on any atom is -0.453 e. The molecule has 0 N–H and O–H groups in total. The van der Waals surface area contributed by atoms with Gasteiger partial charge in [-0.1, -0.05) is 24.3 Å². The zero-order valence-corrected chi connectivity index (χ0v) is 9.40. The van der Waals surface area contributed by atoms with Gasteiger partial charge in [0.2, 0.25) is 0 Å². The number of fused-ring (bicyclic) bond motifs is 2. The number of anilines is 2. The first-order valence-corrected chi connectivity index (χ1v) is 5.37. The molecule has 0 aliphatic carbocycles. The van der Waals surface area contributed by atoms with Gasteiger partial charge < -0.3 is 9.64 Å². The standard InChI is InChI=1S/C14H13NO/c1-10-6-5-8-12-14(10)16-13-9-4-3-7-11(13)15(12)2/h3-9H,1-2H3. The zero-order valence-electron chi connectivity index (χ0n) is 9.40. The Labute approximate surface area is 95.1 Å². The van der Waals surface area contributed by atoms with Crippen molar-refractivity contribution in [1.29, 1.82) is 0 Å². The zero-order chi connectivity index (χ0) is 11.1. The molecule has 0 saturated carbocycles. The minimum atomic E-state index is 0.923. The highest BCUT2D eigenvalue weighted by Gasteiger charge is 2.21. The molecule has 0 spiro atoms. The smallest absolute Gasteiger partial charge is 0.154 e. The quantitative estimate of drug-likeness (QED) is 0.656. The molecule has 2 nitrogen and oxygen atoms in total. The molecule has 0 bridgehead atoms. The molecule has 2 aromatic rings. The maximum absolute atomic E-state index is 5.94. The number of hydrogen-bond acceptors (Lipinski definition) is 2. The van der Waals surface area contributed by atoms with Gasteiger partial charge in [0.1, 0.15) is 0 Å². The van der Waals surface area contributed by atoms with Gasteiger partial charge in [-0.15, -0.1) is 0 Å². The average molecular weight is 211 g/mol. The van der Waals surface area contributed by atoms with Crippen molar-refractivity contribution in [2.24, 2.45) is 0 Å². The van der Waals surface area contributed by atoms with E-state index in [2.05, 4.69) is 43.1 Å². The molecular weight excluding hydrogens is 198 g/mol. The third-order valence-corrected chi connectivity index (χ3v) is 2.99. The second-order valence-electron chi connectivity index (χ2n) is 4.05. The third kappa shape index (κ3) is 1.20. The highest BCUT2D eigenvalue weighted by atomic mass is 16.5. The molecule has 0 aromatic heterocycles. The lowest BCUT2D eigenvalue weighted by atomic mass is 10.1. The Morgan fingerprint density at radius 3 is 2.56 bits per heavy atom. The van der Waals surface area contributed by atoms with Crippen molar-refractivity contribution in [1.82, 2.24) is 0 Å². The van der Waals surface area contributed by atoms with E-state index in [4.69, 9.17) is 4.74 Å². The molecule has 0 unspecified atom stereocenters. The van der Waals surface area contributed by atoms with E-state index in [1.54, 1.807) is 0 Å². The van der Waals surface area contributed by atoms with Crippen LogP contribution in [0.4, 0.5) is 11.4 Å². The Morgan fingerprint density at radius 2 is 1.69 bits per heavy atom. The number of benzene rings is 2. The fraction of sp³-hybridized carbons (Fsp3) is 0.143. The van der Waals surface area contributed by atoms with E-state index in [1.807, 2.05) is 18.2 Å². The monoisotopic (exact) mass is 211 g/mol. The van der Waals surface area contributed by atoms with Crippen LogP contribution in [-0.4, -0.2) is 7.05 Å². The van der Waals surface area contributed by atoms with Gasteiger partial charge in [0.15, 0.2) is 11.5 Å². The van der Waals surface area contributed by atoms with Crippen molar-refractivity contribution in [3.63, 3.8) is 0 Å². The van der Waals surface area contributed by atoms with E-state index < -0.39 is 0 Å². The molecule has 16 heavy (non-hydrogen) atoms. The van der Waals surface area contributed by atoms with Crippen molar-refractivity contribution in [3.8, 4) is 11.5 Å². The highest BCUT2D eigenvalue weighted by Crippen LogP contribution is 2.46. The first-order chi connectivity index (χ1) is 7.77. The lowest BCUT2D eigenvalue weighted by Gasteiger charge is -2.30. The Hall–Kier alpha value is -1.96. The van der Waals surface area contributed by atoms with Crippen LogP contribution in [0.5, 0.6) is 11.5 Å². The minimum absolute atomic E-state index is 0.923. The molecule has 2 heteroatoms. The number of nitrogens with zero attached hydrogens (tertiary/aromatic N) is 1. The summed E-state index contributed by atoms with van der Waals surface area (Å²) < 4.78 is 5.94. The summed E-state index contributed by atoms with van der Waals surface area (Å²) in [7, 11) is 2.07. The molecule has 0 fully saturated rings. The van der Waals surface area contributed by atoms with Crippen LogP contribution in [0, 0.1) is 6.92 Å². The summed E-state index contributed by atoms with van der Waals surface area (Å²) in [6.45, 7) is 2.07. The molecule has 0 radical (unpaired) electrons. The summed E-state index contributed by atoms with van der Waals surface area (Å²) in [5, 5.41) is 0. The molecule has 0 saturated heterocycles. The normalized spacial score (nSPS) is 12.8. The number of hydrogen-bond donors (Lipinski definition) is 0. The highest BCUT2D eigenvalue weighted by molar-refractivity contribution is 5.78. The van der Waals surface area contributed by atoms with Gasteiger partial charge in [-0.05, 0) is 30.7 Å². The van der Waals surface area contributed by atoms with E-state index in [0.29, 0.717) is 0 Å². The SMILES string of the molecule is Cc1cccc2c1Oc1ccccc1N2C. The predicted molar refractivity (Wildman–Crippen MR) is 65.8 cm³/mol. The predicted octanol–water partition coefficient (Wildman–Crippen LogP) is 3.87. The van der Waals surface area contributed by atoms with Crippen LogP contribution in [0.15, 0.2) is 42.5 Å². The van der Waals surface area contributed by atoms with Crippen LogP contribution >= 0.6 is 0 Å². The molecular formula is C14H13NO. The molecule has 1 aliphatic heterocycles. The summed E-state index contributed by atoms with van der Waals surface area (Å²) in [6.07, 6.45) is 0. The number of aryl methyl sites for hydroxylation is 1. The van der Waals surface area contributed by atoms with Gasteiger partial charge in [0.05, 0.1) is 11.4 Å². The summed E-state index contributed by atoms with van der Waals surface area (Å²) in [6, 6.07) is 14.3. The number of rotatable bonds is 0. The summed E-state index contributed by atoms with van der Waals surface area (Å²) in [5.74, 6) is 1.88. The molecule has 80 valence electrons. The van der Waals surface area contributed by atoms with Crippen LogP contribution in [0.3, 0.4) is 0 Å². The van der Waals surface area contributed by atoms with Gasteiger partial charge in [-0.2, -0.15) is 0 Å². The summed E-state index contributed by atoms with van der Waals surface area (Å²) in [5.41, 5.74) is 3.40. The molecule has 3 rings (SSSR count). The lowest BCUT2D eigenvalue weighted by molar-refractivity contribution is 0.472. The molecule has 2 aromatic carbocycles. The van der Waals surface area contributed by atoms with E-state index in [1.165, 1.54) is 5.56 Å². The van der Waals surface area contributed by atoms with Crippen molar-refractivity contribution in [2.75, 3.05) is 11.9 Å².